The van der Waals surface area contributed by atoms with Gasteiger partial charge in [-0.1, -0.05) is 18.2 Å². The molecule has 0 saturated carbocycles. The SMILES string of the molecule is Oc1cccc(OCC2CNCCC2c2ccc(F)cc2)c1. The van der Waals surface area contributed by atoms with Crippen LogP contribution in [0.25, 0.3) is 0 Å². The van der Waals surface area contributed by atoms with Crippen LogP contribution in [0.5, 0.6) is 11.5 Å². The number of aromatic hydroxyl groups is 1. The number of hydrogen-bond acceptors (Lipinski definition) is 3. The molecular weight excluding hydrogens is 281 g/mol. The van der Waals surface area contributed by atoms with Crippen molar-refractivity contribution >= 4 is 0 Å². The molecule has 1 heterocycles. The Morgan fingerprint density at radius 2 is 2.00 bits per heavy atom. The van der Waals surface area contributed by atoms with E-state index in [1.807, 2.05) is 18.2 Å². The molecule has 2 aromatic carbocycles. The highest BCUT2D eigenvalue weighted by Crippen LogP contribution is 2.31. The van der Waals surface area contributed by atoms with Crippen LogP contribution in [0.3, 0.4) is 0 Å². The molecule has 1 fully saturated rings. The van der Waals surface area contributed by atoms with E-state index in [9.17, 15) is 9.50 Å². The normalized spacial score (nSPS) is 21.5. The maximum atomic E-state index is 13.1. The Bertz CT molecular complexity index is 615. The summed E-state index contributed by atoms with van der Waals surface area (Å²) in [6, 6.07) is 13.6. The summed E-state index contributed by atoms with van der Waals surface area (Å²) in [5.74, 6) is 1.35. The van der Waals surface area contributed by atoms with Gasteiger partial charge in [-0.15, -0.1) is 0 Å². The first-order valence-electron chi connectivity index (χ1n) is 7.60. The lowest BCUT2D eigenvalue weighted by molar-refractivity contribution is 0.196. The fourth-order valence-corrected chi connectivity index (χ4v) is 3.02. The first-order valence-corrected chi connectivity index (χ1v) is 7.60. The Balaban J connectivity index is 1.68. The van der Waals surface area contributed by atoms with Gasteiger partial charge in [0.05, 0.1) is 6.61 Å². The highest BCUT2D eigenvalue weighted by Gasteiger charge is 2.27. The molecule has 4 heteroatoms. The summed E-state index contributed by atoms with van der Waals surface area (Å²) >= 11 is 0. The summed E-state index contributed by atoms with van der Waals surface area (Å²) in [4.78, 5) is 0. The summed E-state index contributed by atoms with van der Waals surface area (Å²) < 4.78 is 18.9. The van der Waals surface area contributed by atoms with Crippen molar-refractivity contribution in [2.45, 2.75) is 12.3 Å². The quantitative estimate of drug-likeness (QED) is 0.910. The van der Waals surface area contributed by atoms with Crippen LogP contribution in [0.15, 0.2) is 48.5 Å². The van der Waals surface area contributed by atoms with Crippen LogP contribution in [0.2, 0.25) is 0 Å². The third kappa shape index (κ3) is 3.57. The fourth-order valence-electron chi connectivity index (χ4n) is 3.02. The molecule has 0 amide bonds. The molecule has 116 valence electrons. The second-order valence-corrected chi connectivity index (χ2v) is 5.72. The van der Waals surface area contributed by atoms with Gasteiger partial charge in [0.1, 0.15) is 17.3 Å². The number of piperidine rings is 1. The number of phenolic OH excluding ortho intramolecular Hbond substituents is 1. The lowest BCUT2D eigenvalue weighted by Gasteiger charge is -2.32. The third-order valence-corrected chi connectivity index (χ3v) is 4.19. The van der Waals surface area contributed by atoms with Crippen molar-refractivity contribution in [2.24, 2.45) is 5.92 Å². The summed E-state index contributed by atoms with van der Waals surface area (Å²) in [5, 5.41) is 12.9. The van der Waals surface area contributed by atoms with Crippen LogP contribution < -0.4 is 10.1 Å². The van der Waals surface area contributed by atoms with E-state index in [1.165, 1.54) is 12.1 Å². The molecule has 2 unspecified atom stereocenters. The van der Waals surface area contributed by atoms with Crippen molar-refractivity contribution in [1.29, 1.82) is 0 Å². The molecule has 0 radical (unpaired) electrons. The van der Waals surface area contributed by atoms with Gasteiger partial charge in [0.25, 0.3) is 0 Å². The lowest BCUT2D eigenvalue weighted by atomic mass is 9.81. The second-order valence-electron chi connectivity index (χ2n) is 5.72. The number of phenols is 1. The van der Waals surface area contributed by atoms with Gasteiger partial charge in [0.2, 0.25) is 0 Å². The highest BCUT2D eigenvalue weighted by molar-refractivity contribution is 5.31. The van der Waals surface area contributed by atoms with Gasteiger partial charge in [0.15, 0.2) is 0 Å². The minimum Gasteiger partial charge on any atom is -0.508 e. The molecule has 0 spiro atoms. The number of hydrogen-bond donors (Lipinski definition) is 2. The molecule has 1 aliphatic heterocycles. The Morgan fingerprint density at radius 1 is 1.18 bits per heavy atom. The lowest BCUT2D eigenvalue weighted by Crippen LogP contribution is -2.38. The van der Waals surface area contributed by atoms with Gasteiger partial charge < -0.3 is 15.2 Å². The average Bonchev–Trinajstić information content (AvgIpc) is 2.54. The zero-order valence-corrected chi connectivity index (χ0v) is 12.3. The van der Waals surface area contributed by atoms with E-state index in [-0.39, 0.29) is 11.6 Å². The Hall–Kier alpha value is -2.07. The number of ether oxygens (including phenoxy) is 1. The molecule has 1 saturated heterocycles. The van der Waals surface area contributed by atoms with Gasteiger partial charge in [0, 0.05) is 18.5 Å². The monoisotopic (exact) mass is 301 g/mol. The first kappa shape index (κ1) is 14.9. The van der Waals surface area contributed by atoms with Gasteiger partial charge in [-0.05, 0) is 48.7 Å². The Labute approximate surface area is 129 Å². The maximum absolute atomic E-state index is 13.1. The van der Waals surface area contributed by atoms with Gasteiger partial charge in [-0.2, -0.15) is 0 Å². The van der Waals surface area contributed by atoms with E-state index in [4.69, 9.17) is 4.74 Å². The molecule has 22 heavy (non-hydrogen) atoms. The van der Waals surface area contributed by atoms with Crippen LogP contribution >= 0.6 is 0 Å². The van der Waals surface area contributed by atoms with E-state index in [0.29, 0.717) is 24.2 Å². The molecular formula is C18H20FNO2. The van der Waals surface area contributed by atoms with Crippen LogP contribution in [-0.4, -0.2) is 24.8 Å². The Morgan fingerprint density at radius 3 is 2.77 bits per heavy atom. The third-order valence-electron chi connectivity index (χ3n) is 4.19. The number of rotatable bonds is 4. The molecule has 0 bridgehead atoms. The molecule has 2 aromatic rings. The minimum atomic E-state index is -0.203. The predicted molar refractivity (Wildman–Crippen MR) is 83.7 cm³/mol. The second kappa shape index (κ2) is 6.79. The zero-order chi connectivity index (χ0) is 15.4. The smallest absolute Gasteiger partial charge is 0.123 e. The van der Waals surface area contributed by atoms with E-state index in [1.54, 1.807) is 18.2 Å². The largest absolute Gasteiger partial charge is 0.508 e. The van der Waals surface area contributed by atoms with Crippen molar-refractivity contribution in [3.8, 4) is 11.5 Å². The summed E-state index contributed by atoms with van der Waals surface area (Å²) in [7, 11) is 0. The molecule has 0 aromatic heterocycles. The van der Waals surface area contributed by atoms with Crippen molar-refractivity contribution < 1.29 is 14.2 Å². The van der Waals surface area contributed by atoms with Crippen LogP contribution in [0.1, 0.15) is 17.9 Å². The van der Waals surface area contributed by atoms with Gasteiger partial charge in [-0.3, -0.25) is 0 Å². The van der Waals surface area contributed by atoms with E-state index >= 15 is 0 Å². The fraction of sp³-hybridized carbons (Fsp3) is 0.333. The van der Waals surface area contributed by atoms with Crippen molar-refractivity contribution in [3.63, 3.8) is 0 Å². The first-order chi connectivity index (χ1) is 10.7. The summed E-state index contributed by atoms with van der Waals surface area (Å²) in [6.07, 6.45) is 1.01. The topological polar surface area (TPSA) is 41.5 Å². The molecule has 2 N–H and O–H groups in total. The van der Waals surface area contributed by atoms with Crippen molar-refractivity contribution in [1.82, 2.24) is 5.32 Å². The molecule has 3 nitrogen and oxygen atoms in total. The van der Waals surface area contributed by atoms with Crippen molar-refractivity contribution in [3.05, 3.63) is 59.9 Å². The minimum absolute atomic E-state index is 0.203. The average molecular weight is 301 g/mol. The standard InChI is InChI=1S/C18H20FNO2/c19-15-6-4-13(5-7-15)18-8-9-20-11-14(18)12-22-17-3-1-2-16(21)10-17/h1-7,10,14,18,20-21H,8-9,11-12H2. The summed E-state index contributed by atoms with van der Waals surface area (Å²) in [6.45, 7) is 2.41. The number of halogens is 1. The van der Waals surface area contributed by atoms with Crippen LogP contribution in [-0.2, 0) is 0 Å². The van der Waals surface area contributed by atoms with Gasteiger partial charge >= 0.3 is 0 Å². The van der Waals surface area contributed by atoms with E-state index in [0.717, 1.165) is 25.1 Å². The number of nitrogens with one attached hydrogen (secondary N) is 1. The van der Waals surface area contributed by atoms with Crippen LogP contribution in [0.4, 0.5) is 4.39 Å². The molecule has 2 atom stereocenters. The highest BCUT2D eigenvalue weighted by atomic mass is 19.1. The zero-order valence-electron chi connectivity index (χ0n) is 12.3. The van der Waals surface area contributed by atoms with Crippen molar-refractivity contribution in [2.75, 3.05) is 19.7 Å². The predicted octanol–water partition coefficient (Wildman–Crippen LogP) is 3.30. The Kier molecular flexibility index (Phi) is 4.59. The molecule has 3 rings (SSSR count). The van der Waals surface area contributed by atoms with Gasteiger partial charge in [-0.25, -0.2) is 4.39 Å². The van der Waals surface area contributed by atoms with E-state index in [2.05, 4.69) is 5.32 Å². The molecule has 0 aliphatic carbocycles. The molecule has 1 aliphatic rings. The van der Waals surface area contributed by atoms with Crippen LogP contribution in [0, 0.1) is 11.7 Å². The van der Waals surface area contributed by atoms with E-state index < -0.39 is 0 Å². The maximum Gasteiger partial charge on any atom is 0.123 e. The summed E-state index contributed by atoms with van der Waals surface area (Å²) in [5.41, 5.74) is 1.16. The number of benzene rings is 2.